The molecule has 2 nitrogen and oxygen atoms in total. The van der Waals surface area contributed by atoms with E-state index in [1.165, 1.54) is 25.0 Å². The summed E-state index contributed by atoms with van der Waals surface area (Å²) in [5.74, 6) is 1.20. The number of hydrogen-bond donors (Lipinski definition) is 2. The zero-order chi connectivity index (χ0) is 14.7. The van der Waals surface area contributed by atoms with Gasteiger partial charge in [0.1, 0.15) is 0 Å². The number of hydrogen-bond acceptors (Lipinski definition) is 3. The van der Waals surface area contributed by atoms with Gasteiger partial charge in [0.25, 0.3) is 0 Å². The first kappa shape index (κ1) is 16.3. The summed E-state index contributed by atoms with van der Waals surface area (Å²) >= 11 is 14.3. The van der Waals surface area contributed by atoms with Gasteiger partial charge in [-0.1, -0.05) is 30.1 Å². The first-order chi connectivity index (χ1) is 9.51. The molecule has 5 heteroatoms. The molecule has 1 aliphatic rings. The normalized spacial score (nSPS) is 24.0. The Morgan fingerprint density at radius 2 is 2.00 bits per heavy atom. The van der Waals surface area contributed by atoms with Crippen LogP contribution >= 0.6 is 35.0 Å². The Bertz CT molecular complexity index is 444. The Morgan fingerprint density at radius 1 is 1.35 bits per heavy atom. The summed E-state index contributed by atoms with van der Waals surface area (Å²) in [7, 11) is 0. The van der Waals surface area contributed by atoms with Gasteiger partial charge in [0.15, 0.2) is 0 Å². The van der Waals surface area contributed by atoms with Crippen molar-refractivity contribution >= 4 is 40.7 Å². The quantitative estimate of drug-likeness (QED) is 0.753. The van der Waals surface area contributed by atoms with Crippen molar-refractivity contribution in [2.45, 2.75) is 50.4 Å². The van der Waals surface area contributed by atoms with Crippen molar-refractivity contribution in [3.8, 4) is 0 Å². The first-order valence-corrected chi connectivity index (χ1v) is 8.93. The van der Waals surface area contributed by atoms with Crippen molar-refractivity contribution in [1.29, 1.82) is 0 Å². The van der Waals surface area contributed by atoms with E-state index < -0.39 is 0 Å². The molecule has 2 rings (SSSR count). The van der Waals surface area contributed by atoms with Crippen LogP contribution in [-0.2, 0) is 0 Å². The molecular weight excluding hydrogens is 311 g/mol. The van der Waals surface area contributed by atoms with Gasteiger partial charge in [0, 0.05) is 17.3 Å². The van der Waals surface area contributed by atoms with Crippen molar-refractivity contribution in [3.05, 3.63) is 27.7 Å². The highest BCUT2D eigenvalue weighted by molar-refractivity contribution is 7.99. The third-order valence-corrected chi connectivity index (χ3v) is 5.73. The second-order valence-corrected chi connectivity index (χ2v) is 7.77. The van der Waals surface area contributed by atoms with Crippen molar-refractivity contribution in [2.24, 2.45) is 0 Å². The average molecular weight is 333 g/mol. The van der Waals surface area contributed by atoms with Gasteiger partial charge in [-0.05, 0) is 49.6 Å². The van der Waals surface area contributed by atoms with Crippen LogP contribution < -0.4 is 11.1 Å². The molecule has 112 valence electrons. The SMILES string of the molecule is CCS[C@@H]1CC[C@H](N[C@H](C)c2cc(Cl)c(N)c(Cl)c2)C1. The fourth-order valence-corrected chi connectivity index (χ4v) is 4.43. The van der Waals surface area contributed by atoms with Crippen molar-refractivity contribution in [2.75, 3.05) is 11.5 Å². The van der Waals surface area contributed by atoms with E-state index in [2.05, 4.69) is 30.9 Å². The molecular formula is C15H22Cl2N2S. The van der Waals surface area contributed by atoms with Crippen LogP contribution in [-0.4, -0.2) is 17.0 Å². The lowest BCUT2D eigenvalue weighted by Crippen LogP contribution is -2.29. The number of thioether (sulfide) groups is 1. The molecule has 0 amide bonds. The van der Waals surface area contributed by atoms with Gasteiger partial charge in [-0.25, -0.2) is 0 Å². The number of anilines is 1. The third kappa shape index (κ3) is 3.97. The number of nitrogens with one attached hydrogen (secondary N) is 1. The van der Waals surface area contributed by atoms with E-state index in [1.54, 1.807) is 0 Å². The summed E-state index contributed by atoms with van der Waals surface area (Å²) in [6.07, 6.45) is 3.81. The van der Waals surface area contributed by atoms with E-state index in [0.717, 1.165) is 10.8 Å². The second-order valence-electron chi connectivity index (χ2n) is 5.37. The number of nitrogen functional groups attached to an aromatic ring is 1. The summed E-state index contributed by atoms with van der Waals surface area (Å²) in [5, 5.41) is 5.56. The smallest absolute Gasteiger partial charge is 0.0693 e. The third-order valence-electron chi connectivity index (χ3n) is 3.87. The fourth-order valence-electron chi connectivity index (χ4n) is 2.78. The maximum atomic E-state index is 6.10. The Morgan fingerprint density at radius 3 is 2.60 bits per heavy atom. The van der Waals surface area contributed by atoms with Crippen LogP contribution in [0.15, 0.2) is 12.1 Å². The molecule has 20 heavy (non-hydrogen) atoms. The van der Waals surface area contributed by atoms with Gasteiger partial charge in [0.2, 0.25) is 0 Å². The zero-order valence-electron chi connectivity index (χ0n) is 12.0. The standard InChI is InChI=1S/C15H22Cl2N2S/c1-3-20-12-5-4-11(8-12)19-9(2)10-6-13(16)15(18)14(17)7-10/h6-7,9,11-12,19H,3-5,8,18H2,1-2H3/t9-,11+,12-/m1/s1. The van der Waals surface area contributed by atoms with E-state index in [1.807, 2.05) is 12.1 Å². The Labute approximate surface area is 135 Å². The number of halogens is 2. The molecule has 0 radical (unpaired) electrons. The van der Waals surface area contributed by atoms with Crippen LogP contribution in [0.25, 0.3) is 0 Å². The van der Waals surface area contributed by atoms with Gasteiger partial charge >= 0.3 is 0 Å². The molecule has 1 saturated carbocycles. The molecule has 1 fully saturated rings. The minimum absolute atomic E-state index is 0.237. The summed E-state index contributed by atoms with van der Waals surface area (Å²) in [4.78, 5) is 0. The summed E-state index contributed by atoms with van der Waals surface area (Å²) in [5.41, 5.74) is 7.34. The van der Waals surface area contributed by atoms with Crippen LogP contribution in [0.5, 0.6) is 0 Å². The predicted octanol–water partition coefficient (Wildman–Crippen LogP) is 4.90. The summed E-state index contributed by atoms with van der Waals surface area (Å²) in [6, 6.07) is 4.64. The Hall–Kier alpha value is -0.0900. The van der Waals surface area contributed by atoms with Crippen molar-refractivity contribution < 1.29 is 0 Å². The molecule has 0 aromatic heterocycles. The topological polar surface area (TPSA) is 38.0 Å². The number of benzene rings is 1. The van der Waals surface area contributed by atoms with E-state index in [0.29, 0.717) is 21.8 Å². The summed E-state index contributed by atoms with van der Waals surface area (Å²) < 4.78 is 0. The summed E-state index contributed by atoms with van der Waals surface area (Å²) in [6.45, 7) is 4.38. The minimum atomic E-state index is 0.237. The monoisotopic (exact) mass is 332 g/mol. The molecule has 1 aliphatic carbocycles. The minimum Gasteiger partial charge on any atom is -0.396 e. The van der Waals surface area contributed by atoms with Gasteiger partial charge in [-0.3, -0.25) is 0 Å². The average Bonchev–Trinajstić information content (AvgIpc) is 2.83. The maximum Gasteiger partial charge on any atom is 0.0693 e. The van der Waals surface area contributed by atoms with Gasteiger partial charge in [-0.15, -0.1) is 0 Å². The number of nitrogens with two attached hydrogens (primary N) is 1. The van der Waals surface area contributed by atoms with Gasteiger partial charge in [0.05, 0.1) is 15.7 Å². The molecule has 3 atom stereocenters. The van der Waals surface area contributed by atoms with Crippen LogP contribution in [0.1, 0.15) is 44.7 Å². The molecule has 1 aromatic rings. The largest absolute Gasteiger partial charge is 0.396 e. The molecule has 0 spiro atoms. The van der Waals surface area contributed by atoms with Crippen LogP contribution in [0.3, 0.4) is 0 Å². The second kappa shape index (κ2) is 7.26. The molecule has 0 bridgehead atoms. The zero-order valence-corrected chi connectivity index (χ0v) is 14.3. The Balaban J connectivity index is 1.97. The lowest BCUT2D eigenvalue weighted by molar-refractivity contribution is 0.462. The molecule has 0 unspecified atom stereocenters. The Kier molecular flexibility index (Phi) is 5.91. The van der Waals surface area contributed by atoms with Crippen molar-refractivity contribution in [1.82, 2.24) is 5.32 Å². The fraction of sp³-hybridized carbons (Fsp3) is 0.600. The number of rotatable bonds is 5. The van der Waals surface area contributed by atoms with Crippen LogP contribution in [0.4, 0.5) is 5.69 Å². The molecule has 3 N–H and O–H groups in total. The lowest BCUT2D eigenvalue weighted by atomic mass is 10.1. The highest BCUT2D eigenvalue weighted by Gasteiger charge is 2.25. The highest BCUT2D eigenvalue weighted by Crippen LogP contribution is 2.33. The van der Waals surface area contributed by atoms with Crippen LogP contribution in [0, 0.1) is 0 Å². The molecule has 0 aliphatic heterocycles. The van der Waals surface area contributed by atoms with Gasteiger partial charge < -0.3 is 11.1 Å². The van der Waals surface area contributed by atoms with Gasteiger partial charge in [-0.2, -0.15) is 11.8 Å². The molecule has 0 heterocycles. The lowest BCUT2D eigenvalue weighted by Gasteiger charge is -2.21. The maximum absolute atomic E-state index is 6.10. The highest BCUT2D eigenvalue weighted by atomic mass is 35.5. The van der Waals surface area contributed by atoms with E-state index in [9.17, 15) is 0 Å². The van der Waals surface area contributed by atoms with Crippen LogP contribution in [0.2, 0.25) is 10.0 Å². The van der Waals surface area contributed by atoms with E-state index in [4.69, 9.17) is 28.9 Å². The van der Waals surface area contributed by atoms with E-state index >= 15 is 0 Å². The predicted molar refractivity (Wildman–Crippen MR) is 92.0 cm³/mol. The van der Waals surface area contributed by atoms with Crippen molar-refractivity contribution in [3.63, 3.8) is 0 Å². The first-order valence-electron chi connectivity index (χ1n) is 7.13. The molecule has 0 saturated heterocycles. The molecule has 1 aromatic carbocycles. The van der Waals surface area contributed by atoms with E-state index in [-0.39, 0.29) is 6.04 Å².